The Morgan fingerprint density at radius 2 is 1.86 bits per heavy atom. The summed E-state index contributed by atoms with van der Waals surface area (Å²) in [4.78, 5) is 36.0. The van der Waals surface area contributed by atoms with Crippen LogP contribution in [-0.4, -0.2) is 79.3 Å². The fourth-order valence-corrected chi connectivity index (χ4v) is 4.09. The second-order valence-corrected chi connectivity index (χ2v) is 8.83. The van der Waals surface area contributed by atoms with E-state index in [-0.39, 0.29) is 24.0 Å². The van der Waals surface area contributed by atoms with Gasteiger partial charge in [0.25, 0.3) is 0 Å². The summed E-state index contributed by atoms with van der Waals surface area (Å²) >= 11 is 0. The molecule has 1 atom stereocenters. The molecular formula is C26H37N7O3. The normalized spacial score (nSPS) is 14.9. The largest absolute Gasteiger partial charge is 0.383 e. The minimum Gasteiger partial charge on any atom is -0.383 e. The molecular weight excluding hydrogens is 458 g/mol. The van der Waals surface area contributed by atoms with Gasteiger partial charge in [0.2, 0.25) is 5.91 Å². The van der Waals surface area contributed by atoms with Crippen LogP contribution in [0.25, 0.3) is 0 Å². The number of benzene rings is 1. The van der Waals surface area contributed by atoms with Gasteiger partial charge in [0.15, 0.2) is 0 Å². The molecule has 3 amide bonds. The van der Waals surface area contributed by atoms with Crippen LogP contribution >= 0.6 is 0 Å². The van der Waals surface area contributed by atoms with Gasteiger partial charge in [-0.15, -0.1) is 0 Å². The third kappa shape index (κ3) is 6.60. The number of nitrogens with one attached hydrogen (secondary N) is 1. The molecule has 3 rings (SSSR count). The van der Waals surface area contributed by atoms with Gasteiger partial charge < -0.3 is 15.0 Å². The highest BCUT2D eigenvalue weighted by Crippen LogP contribution is 2.25. The van der Waals surface area contributed by atoms with E-state index in [2.05, 4.69) is 26.7 Å². The van der Waals surface area contributed by atoms with Crippen LogP contribution < -0.4 is 21.0 Å². The molecule has 0 bridgehead atoms. The van der Waals surface area contributed by atoms with E-state index >= 15 is 0 Å². The number of carbonyl (C=O) groups excluding carboxylic acids is 2. The molecule has 0 aliphatic carbocycles. The van der Waals surface area contributed by atoms with E-state index in [4.69, 9.17) is 10.6 Å². The van der Waals surface area contributed by atoms with Crippen molar-refractivity contribution in [1.82, 2.24) is 20.2 Å². The fourth-order valence-electron chi connectivity index (χ4n) is 4.09. The van der Waals surface area contributed by atoms with Crippen LogP contribution in [0.1, 0.15) is 25.5 Å². The highest BCUT2D eigenvalue weighted by molar-refractivity contribution is 5.93. The second-order valence-electron chi connectivity index (χ2n) is 8.83. The first-order valence-electron chi connectivity index (χ1n) is 12.1. The van der Waals surface area contributed by atoms with Crippen molar-refractivity contribution in [3.05, 3.63) is 67.0 Å². The molecule has 0 spiro atoms. The number of pyridine rings is 1. The quantitative estimate of drug-likeness (QED) is 0.226. The van der Waals surface area contributed by atoms with Gasteiger partial charge in [-0.2, -0.15) is 0 Å². The van der Waals surface area contributed by atoms with Gasteiger partial charge in [-0.3, -0.25) is 19.6 Å². The van der Waals surface area contributed by atoms with Gasteiger partial charge in [0.05, 0.1) is 18.5 Å². The molecule has 2 heterocycles. The Morgan fingerprint density at radius 3 is 2.42 bits per heavy atom. The number of ether oxygens (including phenoxy) is 1. The van der Waals surface area contributed by atoms with Crippen molar-refractivity contribution in [1.29, 1.82) is 0 Å². The molecule has 1 aromatic carbocycles. The van der Waals surface area contributed by atoms with Gasteiger partial charge in [-0.05, 0) is 31.5 Å². The molecule has 194 valence electrons. The van der Waals surface area contributed by atoms with Crippen molar-refractivity contribution in [3.8, 4) is 0 Å². The Balaban J connectivity index is 1.67. The summed E-state index contributed by atoms with van der Waals surface area (Å²) in [7, 11) is 1.62. The Labute approximate surface area is 213 Å². The number of nitrogens with zero attached hydrogens (tertiary/aromatic N) is 5. The van der Waals surface area contributed by atoms with Gasteiger partial charge in [-0.1, -0.05) is 36.9 Å². The van der Waals surface area contributed by atoms with Crippen LogP contribution in [0.4, 0.5) is 16.3 Å². The number of hydrazine groups is 1. The minimum atomic E-state index is -0.376. The van der Waals surface area contributed by atoms with E-state index < -0.39 is 0 Å². The smallest absolute Gasteiger partial charge is 0.343 e. The molecule has 10 nitrogen and oxygen atoms in total. The van der Waals surface area contributed by atoms with Crippen LogP contribution in [0.15, 0.2) is 61.4 Å². The molecule has 36 heavy (non-hydrogen) atoms. The molecule has 0 saturated carbocycles. The maximum atomic E-state index is 13.1. The average Bonchev–Trinajstić information content (AvgIpc) is 2.90. The molecule has 1 aliphatic heterocycles. The SMILES string of the molecule is C=CN(C(=O)N(N)C(C)C)c1ccc(N2CCN(C(C(=O)NCCOC)c3ccccc3)CC2)nc1. The topological polar surface area (TPSA) is 107 Å². The molecule has 2 aromatic rings. The summed E-state index contributed by atoms with van der Waals surface area (Å²) in [6, 6.07) is 12.7. The summed E-state index contributed by atoms with van der Waals surface area (Å²) < 4.78 is 5.07. The Morgan fingerprint density at radius 1 is 1.17 bits per heavy atom. The molecule has 1 aliphatic rings. The highest BCUT2D eigenvalue weighted by atomic mass is 16.5. The minimum absolute atomic E-state index is 0.0290. The standard InChI is InChI=1S/C26H37N7O3/c1-5-32(26(35)33(27)20(2)3)22-11-12-23(29-19-22)30-14-16-31(17-15-30)24(21-9-7-6-8-10-21)25(34)28-13-18-36-4/h5-12,19-20,24H,1,13-18,27H2,2-4H3,(H,28,34). The summed E-state index contributed by atoms with van der Waals surface area (Å²) in [6.45, 7) is 11.2. The summed E-state index contributed by atoms with van der Waals surface area (Å²) in [6.07, 6.45) is 3.08. The first-order chi connectivity index (χ1) is 17.4. The number of hydrogen-bond donors (Lipinski definition) is 2. The number of nitrogens with two attached hydrogens (primary N) is 1. The number of aromatic nitrogens is 1. The lowest BCUT2D eigenvalue weighted by atomic mass is 10.0. The van der Waals surface area contributed by atoms with Crippen molar-refractivity contribution in [2.75, 3.05) is 56.2 Å². The fraction of sp³-hybridized carbons (Fsp3) is 0.423. The van der Waals surface area contributed by atoms with Crippen molar-refractivity contribution in [2.24, 2.45) is 5.84 Å². The first kappa shape index (κ1) is 27.1. The van der Waals surface area contributed by atoms with Crippen molar-refractivity contribution in [3.63, 3.8) is 0 Å². The molecule has 1 aromatic heterocycles. The van der Waals surface area contributed by atoms with Crippen LogP contribution in [0.3, 0.4) is 0 Å². The monoisotopic (exact) mass is 495 g/mol. The van der Waals surface area contributed by atoms with E-state index in [0.29, 0.717) is 31.9 Å². The number of piperazine rings is 1. The van der Waals surface area contributed by atoms with Gasteiger partial charge in [0, 0.05) is 52.1 Å². The van der Waals surface area contributed by atoms with E-state index in [1.165, 1.54) is 11.1 Å². The third-order valence-corrected chi connectivity index (χ3v) is 6.15. The van der Waals surface area contributed by atoms with Crippen LogP contribution in [0, 0.1) is 0 Å². The lowest BCUT2D eigenvalue weighted by Gasteiger charge is -2.39. The van der Waals surface area contributed by atoms with Gasteiger partial charge >= 0.3 is 6.03 Å². The molecule has 1 fully saturated rings. The maximum Gasteiger partial charge on any atom is 0.343 e. The van der Waals surface area contributed by atoms with Crippen molar-refractivity contribution < 1.29 is 14.3 Å². The highest BCUT2D eigenvalue weighted by Gasteiger charge is 2.30. The number of anilines is 2. The molecule has 0 radical (unpaired) electrons. The predicted molar refractivity (Wildman–Crippen MR) is 141 cm³/mol. The Bertz CT molecular complexity index is 992. The zero-order valence-electron chi connectivity index (χ0n) is 21.3. The number of urea groups is 1. The summed E-state index contributed by atoms with van der Waals surface area (Å²) in [5, 5.41) is 4.14. The maximum absolute atomic E-state index is 13.1. The van der Waals surface area contributed by atoms with E-state index in [1.54, 1.807) is 13.3 Å². The summed E-state index contributed by atoms with van der Waals surface area (Å²) in [5.74, 6) is 6.66. The number of carbonyl (C=O) groups is 2. The first-order valence-corrected chi connectivity index (χ1v) is 12.1. The summed E-state index contributed by atoms with van der Waals surface area (Å²) in [5.41, 5.74) is 1.55. The molecule has 1 saturated heterocycles. The number of hydrogen-bond acceptors (Lipinski definition) is 7. The zero-order valence-corrected chi connectivity index (χ0v) is 21.3. The molecule has 10 heteroatoms. The number of rotatable bonds is 10. The van der Waals surface area contributed by atoms with Crippen LogP contribution in [0.5, 0.6) is 0 Å². The second kappa shape index (κ2) is 13.0. The van der Waals surface area contributed by atoms with Crippen molar-refractivity contribution in [2.45, 2.75) is 25.9 Å². The lowest BCUT2D eigenvalue weighted by Crippen LogP contribution is -2.51. The predicted octanol–water partition coefficient (Wildman–Crippen LogP) is 2.36. The lowest BCUT2D eigenvalue weighted by molar-refractivity contribution is -0.127. The molecule has 1 unspecified atom stereocenters. The zero-order chi connectivity index (χ0) is 26.1. The molecule has 3 N–H and O–H groups in total. The van der Waals surface area contributed by atoms with Crippen LogP contribution in [-0.2, 0) is 9.53 Å². The van der Waals surface area contributed by atoms with Crippen LogP contribution in [0.2, 0.25) is 0 Å². The Kier molecular flexibility index (Phi) is 9.80. The third-order valence-electron chi connectivity index (χ3n) is 6.15. The van der Waals surface area contributed by atoms with E-state index in [0.717, 1.165) is 29.5 Å². The van der Waals surface area contributed by atoms with Crippen molar-refractivity contribution >= 4 is 23.4 Å². The van der Waals surface area contributed by atoms with Gasteiger partial charge in [-0.25, -0.2) is 15.6 Å². The number of methoxy groups -OCH3 is 1. The van der Waals surface area contributed by atoms with E-state index in [1.807, 2.05) is 56.3 Å². The Hall–Kier alpha value is -3.47. The van der Waals surface area contributed by atoms with Gasteiger partial charge in [0.1, 0.15) is 11.9 Å². The number of amides is 3. The van der Waals surface area contributed by atoms with E-state index in [9.17, 15) is 9.59 Å². The average molecular weight is 496 g/mol.